The molecule has 5 aromatic rings. The molecule has 180 valence electrons. The van der Waals surface area contributed by atoms with Crippen LogP contribution in [0.25, 0.3) is 39.1 Å². The molecule has 0 unspecified atom stereocenters. The topological polar surface area (TPSA) is 119 Å². The van der Waals surface area contributed by atoms with Gasteiger partial charge in [0.1, 0.15) is 22.9 Å². The number of aryl methyl sites for hydroxylation is 1. The number of aromatic nitrogens is 5. The van der Waals surface area contributed by atoms with Crippen LogP contribution in [0.4, 0.5) is 5.82 Å². The predicted molar refractivity (Wildman–Crippen MR) is 138 cm³/mol. The number of nitrogens with two attached hydrogens (primary N) is 1. The molecule has 0 saturated heterocycles. The molecule has 8 heteroatoms. The van der Waals surface area contributed by atoms with Crippen molar-refractivity contribution in [2.24, 2.45) is 5.92 Å². The van der Waals surface area contributed by atoms with Crippen molar-refractivity contribution in [3.63, 3.8) is 0 Å². The molecule has 36 heavy (non-hydrogen) atoms. The Hall–Kier alpha value is -4.33. The molecule has 8 nitrogen and oxygen atoms in total. The number of hydrogen-bond acceptors (Lipinski definition) is 6. The second kappa shape index (κ2) is 8.71. The zero-order valence-corrected chi connectivity index (χ0v) is 19.9. The molecule has 0 spiro atoms. The molecule has 4 heterocycles. The summed E-state index contributed by atoms with van der Waals surface area (Å²) in [7, 11) is 0. The van der Waals surface area contributed by atoms with E-state index in [1.807, 2.05) is 28.8 Å². The highest BCUT2D eigenvalue weighted by molar-refractivity contribution is 5.92. The van der Waals surface area contributed by atoms with Gasteiger partial charge in [0.25, 0.3) is 0 Å². The largest absolute Gasteiger partial charge is 0.481 e. The lowest BCUT2D eigenvalue weighted by atomic mass is 9.81. The molecule has 4 aromatic heterocycles. The van der Waals surface area contributed by atoms with E-state index in [-0.39, 0.29) is 11.8 Å². The third kappa shape index (κ3) is 3.75. The maximum Gasteiger partial charge on any atom is 0.306 e. The number of pyridine rings is 2. The van der Waals surface area contributed by atoms with Crippen LogP contribution in [0.1, 0.15) is 43.0 Å². The fourth-order valence-electron chi connectivity index (χ4n) is 5.37. The van der Waals surface area contributed by atoms with Crippen LogP contribution < -0.4 is 5.73 Å². The van der Waals surface area contributed by atoms with Crippen molar-refractivity contribution in [2.75, 3.05) is 5.73 Å². The maximum atomic E-state index is 11.4. The molecular formula is C28H26N6O2. The van der Waals surface area contributed by atoms with Crippen LogP contribution in [0.2, 0.25) is 0 Å². The number of anilines is 1. The fraction of sp³-hybridized carbons (Fsp3) is 0.250. The van der Waals surface area contributed by atoms with E-state index >= 15 is 0 Å². The normalized spacial score (nSPS) is 18.0. The van der Waals surface area contributed by atoms with E-state index in [1.165, 1.54) is 0 Å². The second-order valence-corrected chi connectivity index (χ2v) is 9.51. The van der Waals surface area contributed by atoms with Gasteiger partial charge >= 0.3 is 5.97 Å². The number of carbonyl (C=O) groups is 1. The number of fused-ring (bicyclic) bond motifs is 2. The first kappa shape index (κ1) is 22.2. The summed E-state index contributed by atoms with van der Waals surface area (Å²) in [6.45, 7) is 2.08. The number of benzene rings is 1. The standard InChI is InChI=1S/C28H26N6O2/c1-16-14-23(21-4-2-3-11-30-21)32-22-15-19(9-10-20(16)22)24-25-26(29)31-12-13-34(25)27(33-24)17-5-7-18(8-6-17)28(35)36/h2-4,9-15,17-18H,5-8H2,1H3,(H2,29,31)(H,35,36). The zero-order chi connectivity index (χ0) is 24.8. The van der Waals surface area contributed by atoms with E-state index in [0.29, 0.717) is 18.7 Å². The predicted octanol–water partition coefficient (Wildman–Crippen LogP) is 5.26. The monoisotopic (exact) mass is 478 g/mol. The number of carboxylic acids is 1. The number of imidazole rings is 1. The van der Waals surface area contributed by atoms with Crippen LogP contribution in [-0.4, -0.2) is 35.4 Å². The third-order valence-electron chi connectivity index (χ3n) is 7.27. The Kier molecular flexibility index (Phi) is 5.36. The van der Waals surface area contributed by atoms with Crippen LogP contribution in [0.15, 0.2) is 61.1 Å². The highest BCUT2D eigenvalue weighted by Crippen LogP contribution is 2.39. The van der Waals surface area contributed by atoms with Crippen LogP contribution in [0, 0.1) is 12.8 Å². The Balaban J connectivity index is 1.47. The van der Waals surface area contributed by atoms with Gasteiger partial charge < -0.3 is 10.8 Å². The Morgan fingerprint density at radius 1 is 1.00 bits per heavy atom. The molecule has 3 N–H and O–H groups in total. The number of rotatable bonds is 4. The quantitative estimate of drug-likeness (QED) is 0.362. The van der Waals surface area contributed by atoms with Gasteiger partial charge in [-0.05, 0) is 62.4 Å². The van der Waals surface area contributed by atoms with E-state index in [0.717, 1.165) is 63.3 Å². The summed E-state index contributed by atoms with van der Waals surface area (Å²) in [5, 5.41) is 10.5. The Labute approximate surface area is 207 Å². The summed E-state index contributed by atoms with van der Waals surface area (Å²) in [6.07, 6.45) is 8.22. The summed E-state index contributed by atoms with van der Waals surface area (Å²) < 4.78 is 2.02. The van der Waals surface area contributed by atoms with E-state index in [9.17, 15) is 9.90 Å². The molecule has 0 atom stereocenters. The summed E-state index contributed by atoms with van der Waals surface area (Å²) in [4.78, 5) is 30.2. The van der Waals surface area contributed by atoms with Crippen molar-refractivity contribution >= 4 is 28.2 Å². The Bertz CT molecular complexity index is 1600. The van der Waals surface area contributed by atoms with Gasteiger partial charge in [-0.15, -0.1) is 0 Å². The van der Waals surface area contributed by atoms with Crippen molar-refractivity contribution < 1.29 is 9.90 Å². The molecule has 1 fully saturated rings. The number of hydrogen-bond donors (Lipinski definition) is 2. The average molecular weight is 479 g/mol. The average Bonchev–Trinajstić information content (AvgIpc) is 3.30. The lowest BCUT2D eigenvalue weighted by Gasteiger charge is -2.25. The first-order valence-corrected chi connectivity index (χ1v) is 12.2. The third-order valence-corrected chi connectivity index (χ3v) is 7.27. The SMILES string of the molecule is Cc1cc(-c2ccccn2)nc2cc(-c3nc(C4CCC(C(=O)O)CC4)n4ccnc(N)c34)ccc12. The first-order valence-electron chi connectivity index (χ1n) is 12.2. The summed E-state index contributed by atoms with van der Waals surface area (Å²) in [5.74, 6) is 0.503. The summed E-state index contributed by atoms with van der Waals surface area (Å²) in [5.41, 5.74) is 12.4. The molecule has 1 aliphatic rings. The number of carboxylic acid groups (broad SMARTS) is 1. The minimum atomic E-state index is -0.709. The lowest BCUT2D eigenvalue weighted by Crippen LogP contribution is -2.21. The fourth-order valence-corrected chi connectivity index (χ4v) is 5.37. The van der Waals surface area contributed by atoms with E-state index < -0.39 is 5.97 Å². The van der Waals surface area contributed by atoms with Crippen LogP contribution in [0.5, 0.6) is 0 Å². The molecule has 0 aliphatic heterocycles. The van der Waals surface area contributed by atoms with Gasteiger partial charge in [-0.25, -0.2) is 15.0 Å². The van der Waals surface area contributed by atoms with Crippen molar-refractivity contribution in [3.05, 3.63) is 72.4 Å². The Morgan fingerprint density at radius 2 is 1.83 bits per heavy atom. The smallest absolute Gasteiger partial charge is 0.306 e. The molecule has 0 radical (unpaired) electrons. The summed E-state index contributed by atoms with van der Waals surface area (Å²) >= 11 is 0. The molecule has 1 aromatic carbocycles. The molecule has 1 saturated carbocycles. The summed E-state index contributed by atoms with van der Waals surface area (Å²) in [6, 6.07) is 14.0. The Morgan fingerprint density at radius 3 is 2.58 bits per heavy atom. The molecule has 6 rings (SSSR count). The van der Waals surface area contributed by atoms with Gasteiger partial charge in [0, 0.05) is 35.5 Å². The van der Waals surface area contributed by atoms with Crippen molar-refractivity contribution in [1.82, 2.24) is 24.3 Å². The maximum absolute atomic E-state index is 11.4. The van der Waals surface area contributed by atoms with Gasteiger partial charge in [0.05, 0.1) is 22.8 Å². The van der Waals surface area contributed by atoms with Crippen LogP contribution in [-0.2, 0) is 4.79 Å². The lowest BCUT2D eigenvalue weighted by molar-refractivity contribution is -0.142. The van der Waals surface area contributed by atoms with Gasteiger partial charge in [-0.1, -0.05) is 18.2 Å². The zero-order valence-electron chi connectivity index (χ0n) is 19.9. The van der Waals surface area contributed by atoms with E-state index in [1.54, 1.807) is 12.4 Å². The molecule has 0 amide bonds. The van der Waals surface area contributed by atoms with Crippen molar-refractivity contribution in [1.29, 1.82) is 0 Å². The minimum absolute atomic E-state index is 0.167. The molecule has 0 bridgehead atoms. The van der Waals surface area contributed by atoms with Gasteiger partial charge in [-0.3, -0.25) is 14.2 Å². The molecule has 1 aliphatic carbocycles. The second-order valence-electron chi connectivity index (χ2n) is 9.51. The van der Waals surface area contributed by atoms with Crippen molar-refractivity contribution in [2.45, 2.75) is 38.5 Å². The van der Waals surface area contributed by atoms with Crippen molar-refractivity contribution in [3.8, 4) is 22.6 Å². The number of nitrogen functional groups attached to an aromatic ring is 1. The molecular weight excluding hydrogens is 452 g/mol. The number of nitrogens with zero attached hydrogens (tertiary/aromatic N) is 5. The van der Waals surface area contributed by atoms with Gasteiger partial charge in [0.15, 0.2) is 0 Å². The highest BCUT2D eigenvalue weighted by Gasteiger charge is 2.30. The first-order chi connectivity index (χ1) is 17.5. The van der Waals surface area contributed by atoms with Crippen LogP contribution in [0.3, 0.4) is 0 Å². The van der Waals surface area contributed by atoms with E-state index in [2.05, 4.69) is 41.2 Å². The van der Waals surface area contributed by atoms with Crippen LogP contribution >= 0.6 is 0 Å². The van der Waals surface area contributed by atoms with E-state index in [4.69, 9.17) is 15.7 Å². The van der Waals surface area contributed by atoms with Gasteiger partial charge in [-0.2, -0.15) is 0 Å². The minimum Gasteiger partial charge on any atom is -0.481 e. The highest BCUT2D eigenvalue weighted by atomic mass is 16.4. The number of aliphatic carboxylic acids is 1. The van der Waals surface area contributed by atoms with Gasteiger partial charge in [0.2, 0.25) is 0 Å².